The van der Waals surface area contributed by atoms with Crippen molar-refractivity contribution >= 4 is 29.0 Å². The van der Waals surface area contributed by atoms with Gasteiger partial charge in [-0.15, -0.1) is 11.6 Å². The molecule has 0 aromatic heterocycles. The minimum Gasteiger partial charge on any atom is -0.293 e. The second-order valence-corrected chi connectivity index (χ2v) is 4.21. The molecule has 0 N–H and O–H groups in total. The van der Waals surface area contributed by atoms with Crippen molar-refractivity contribution in [2.75, 3.05) is 0 Å². The number of carbonyl (C=O) groups is 1. The highest BCUT2D eigenvalue weighted by Gasteiger charge is 2.06. The summed E-state index contributed by atoms with van der Waals surface area (Å²) >= 11 is 11.4. The van der Waals surface area contributed by atoms with Crippen LogP contribution in [0.2, 0.25) is 0 Å². The molecule has 0 aliphatic heterocycles. The summed E-state index contributed by atoms with van der Waals surface area (Å²) in [6.07, 6.45) is 5.56. The fraction of sp³-hybridized carbons (Fsp3) is 0.700. The summed E-state index contributed by atoms with van der Waals surface area (Å²) in [6, 6.07) is 0. The molecule has 0 aromatic carbocycles. The molecule has 0 aromatic rings. The molecule has 0 rings (SSSR count). The van der Waals surface area contributed by atoms with Crippen LogP contribution in [0.25, 0.3) is 0 Å². The molecule has 1 unspecified atom stereocenters. The molecule has 3 heteroatoms. The van der Waals surface area contributed by atoms with Gasteiger partial charge in [-0.1, -0.05) is 31.4 Å². The van der Waals surface area contributed by atoms with Gasteiger partial charge in [-0.25, -0.2) is 0 Å². The highest BCUT2D eigenvalue weighted by Crippen LogP contribution is 2.13. The van der Waals surface area contributed by atoms with Gasteiger partial charge in [-0.05, 0) is 25.8 Å². The first-order valence-electron chi connectivity index (χ1n) is 4.62. The standard InChI is InChI=1S/C10H16Cl2O/c1-3-4-5-6-9(12)7-10(13)8(2)11/h7-8H,3-6H2,1-2H3/b9-7-. The van der Waals surface area contributed by atoms with Crippen LogP contribution >= 0.6 is 23.2 Å². The number of hydrogen-bond donors (Lipinski definition) is 0. The van der Waals surface area contributed by atoms with E-state index >= 15 is 0 Å². The second kappa shape index (κ2) is 7.40. The van der Waals surface area contributed by atoms with Crippen molar-refractivity contribution in [2.45, 2.75) is 44.9 Å². The molecule has 0 aliphatic carbocycles. The van der Waals surface area contributed by atoms with Crippen LogP contribution in [0.5, 0.6) is 0 Å². The molecule has 0 spiro atoms. The Morgan fingerprint density at radius 3 is 2.54 bits per heavy atom. The molecule has 1 atom stereocenters. The predicted octanol–water partition coefficient (Wildman–Crippen LogP) is 3.89. The van der Waals surface area contributed by atoms with Gasteiger partial charge < -0.3 is 0 Å². The van der Waals surface area contributed by atoms with Gasteiger partial charge in [0.05, 0.1) is 5.38 Å². The van der Waals surface area contributed by atoms with Crippen LogP contribution in [0.1, 0.15) is 39.5 Å². The minimum absolute atomic E-state index is 0.108. The first-order chi connectivity index (χ1) is 6.07. The number of rotatable bonds is 6. The van der Waals surface area contributed by atoms with E-state index in [1.165, 1.54) is 6.08 Å². The number of ketones is 1. The molecule has 0 fully saturated rings. The average Bonchev–Trinajstić information content (AvgIpc) is 2.04. The van der Waals surface area contributed by atoms with Crippen LogP contribution in [0, 0.1) is 0 Å². The molecule has 76 valence electrons. The number of halogens is 2. The summed E-state index contributed by atoms with van der Waals surface area (Å²) in [6.45, 7) is 3.78. The third-order valence-electron chi connectivity index (χ3n) is 1.71. The van der Waals surface area contributed by atoms with Crippen molar-refractivity contribution in [3.05, 3.63) is 11.1 Å². The monoisotopic (exact) mass is 222 g/mol. The van der Waals surface area contributed by atoms with Gasteiger partial charge >= 0.3 is 0 Å². The number of hydrogen-bond acceptors (Lipinski definition) is 1. The lowest BCUT2D eigenvalue weighted by atomic mass is 10.2. The van der Waals surface area contributed by atoms with E-state index in [9.17, 15) is 4.79 Å². The lowest BCUT2D eigenvalue weighted by Crippen LogP contribution is -2.06. The van der Waals surface area contributed by atoms with E-state index in [1.807, 2.05) is 0 Å². The maximum Gasteiger partial charge on any atom is 0.174 e. The Morgan fingerprint density at radius 2 is 2.08 bits per heavy atom. The first kappa shape index (κ1) is 13.0. The molecule has 0 aliphatic rings. The molecular weight excluding hydrogens is 207 g/mol. The molecule has 0 saturated carbocycles. The number of unbranched alkanes of at least 4 members (excludes halogenated alkanes) is 2. The maximum absolute atomic E-state index is 11.1. The molecule has 0 radical (unpaired) electrons. The third kappa shape index (κ3) is 7.09. The van der Waals surface area contributed by atoms with Crippen molar-refractivity contribution < 1.29 is 4.79 Å². The Hall–Kier alpha value is -0.0100. The van der Waals surface area contributed by atoms with Crippen molar-refractivity contribution in [3.63, 3.8) is 0 Å². The average molecular weight is 223 g/mol. The molecular formula is C10H16Cl2O. The van der Waals surface area contributed by atoms with Crippen molar-refractivity contribution in [3.8, 4) is 0 Å². The summed E-state index contributed by atoms with van der Waals surface area (Å²) in [4.78, 5) is 11.1. The molecule has 13 heavy (non-hydrogen) atoms. The van der Waals surface area contributed by atoms with Crippen LogP contribution in [0.3, 0.4) is 0 Å². The first-order valence-corrected chi connectivity index (χ1v) is 5.43. The lowest BCUT2D eigenvalue weighted by Gasteiger charge is -1.99. The Labute approximate surface area is 90.1 Å². The molecule has 0 amide bonds. The number of alkyl halides is 1. The van der Waals surface area contributed by atoms with E-state index in [1.54, 1.807) is 6.92 Å². The molecule has 0 heterocycles. The quantitative estimate of drug-likeness (QED) is 0.379. The van der Waals surface area contributed by atoms with Crippen LogP contribution in [0.15, 0.2) is 11.1 Å². The van der Waals surface area contributed by atoms with Crippen LogP contribution < -0.4 is 0 Å². The van der Waals surface area contributed by atoms with Crippen LogP contribution in [-0.4, -0.2) is 11.2 Å². The van der Waals surface area contributed by atoms with E-state index in [4.69, 9.17) is 23.2 Å². The lowest BCUT2D eigenvalue weighted by molar-refractivity contribution is -0.114. The smallest absolute Gasteiger partial charge is 0.174 e. The zero-order valence-electron chi connectivity index (χ0n) is 8.15. The summed E-state index contributed by atoms with van der Waals surface area (Å²) in [7, 11) is 0. The Balaban J connectivity index is 3.81. The molecule has 0 bridgehead atoms. The second-order valence-electron chi connectivity index (χ2n) is 3.07. The van der Waals surface area contributed by atoms with Gasteiger partial charge in [0.1, 0.15) is 0 Å². The van der Waals surface area contributed by atoms with E-state index < -0.39 is 5.38 Å². The summed E-state index contributed by atoms with van der Waals surface area (Å²) in [5.41, 5.74) is 0. The van der Waals surface area contributed by atoms with Gasteiger partial charge in [0.2, 0.25) is 0 Å². The number of allylic oxidation sites excluding steroid dienone is 2. The fourth-order valence-corrected chi connectivity index (χ4v) is 1.19. The zero-order chi connectivity index (χ0) is 10.3. The van der Waals surface area contributed by atoms with Gasteiger partial charge in [-0.3, -0.25) is 4.79 Å². The van der Waals surface area contributed by atoms with Crippen molar-refractivity contribution in [1.29, 1.82) is 0 Å². The molecule has 0 saturated heterocycles. The zero-order valence-corrected chi connectivity index (χ0v) is 9.66. The minimum atomic E-state index is -0.472. The summed E-state index contributed by atoms with van der Waals surface area (Å²) in [5.74, 6) is -0.108. The summed E-state index contributed by atoms with van der Waals surface area (Å²) < 4.78 is 0. The van der Waals surface area contributed by atoms with E-state index in [0.29, 0.717) is 5.03 Å². The van der Waals surface area contributed by atoms with Gasteiger partial charge in [0.15, 0.2) is 5.78 Å². The topological polar surface area (TPSA) is 17.1 Å². The van der Waals surface area contributed by atoms with Crippen molar-refractivity contribution in [1.82, 2.24) is 0 Å². The van der Waals surface area contributed by atoms with E-state index in [2.05, 4.69) is 6.92 Å². The SMILES string of the molecule is CCCCC/C(Cl)=C/C(=O)C(C)Cl. The fourth-order valence-electron chi connectivity index (χ4n) is 0.885. The largest absolute Gasteiger partial charge is 0.293 e. The normalized spacial score (nSPS) is 14.3. The highest BCUT2D eigenvalue weighted by molar-refractivity contribution is 6.35. The van der Waals surface area contributed by atoms with Gasteiger partial charge in [0, 0.05) is 5.03 Å². The van der Waals surface area contributed by atoms with Crippen molar-refractivity contribution in [2.24, 2.45) is 0 Å². The highest BCUT2D eigenvalue weighted by atomic mass is 35.5. The maximum atomic E-state index is 11.1. The third-order valence-corrected chi connectivity index (χ3v) is 2.22. The van der Waals surface area contributed by atoms with E-state index in [-0.39, 0.29) is 5.78 Å². The summed E-state index contributed by atoms with van der Waals surface area (Å²) in [5, 5.41) is 0.144. The Morgan fingerprint density at radius 1 is 1.46 bits per heavy atom. The van der Waals surface area contributed by atoms with Crippen LogP contribution in [-0.2, 0) is 4.79 Å². The number of carbonyl (C=O) groups excluding carboxylic acids is 1. The van der Waals surface area contributed by atoms with Crippen LogP contribution in [0.4, 0.5) is 0 Å². The predicted molar refractivity (Wildman–Crippen MR) is 58.4 cm³/mol. The van der Waals surface area contributed by atoms with Gasteiger partial charge in [-0.2, -0.15) is 0 Å². The molecule has 1 nitrogen and oxygen atoms in total. The van der Waals surface area contributed by atoms with E-state index in [0.717, 1.165) is 25.7 Å². The Bertz CT molecular complexity index is 185. The van der Waals surface area contributed by atoms with Gasteiger partial charge in [0.25, 0.3) is 0 Å². The Kier molecular flexibility index (Phi) is 7.39.